The highest BCUT2D eigenvalue weighted by atomic mass is 35.5. The molecule has 0 fully saturated rings. The van der Waals surface area contributed by atoms with Gasteiger partial charge in [0.15, 0.2) is 0 Å². The van der Waals surface area contributed by atoms with Gasteiger partial charge in [0.2, 0.25) is 0 Å². The highest BCUT2D eigenvalue weighted by Crippen LogP contribution is 2.25. The molecule has 108 valence electrons. The second-order valence-electron chi connectivity index (χ2n) is 4.45. The number of rotatable bonds is 3. The van der Waals surface area contributed by atoms with Crippen molar-refractivity contribution < 1.29 is 8.42 Å². The number of nitrogens with one attached hydrogen (secondary N) is 1. The Labute approximate surface area is 128 Å². The Balaban J connectivity index is 2.41. The molecular weight excluding hydrogens is 310 g/mol. The molecule has 2 rings (SSSR count). The van der Waals surface area contributed by atoms with Gasteiger partial charge in [0.05, 0.1) is 26.9 Å². The quantitative estimate of drug-likeness (QED) is 0.849. The minimum atomic E-state index is -3.82. The number of benzene rings is 2. The van der Waals surface area contributed by atoms with Crippen molar-refractivity contribution in [3.05, 3.63) is 52.5 Å². The zero-order valence-electron chi connectivity index (χ0n) is 11.1. The summed E-state index contributed by atoms with van der Waals surface area (Å²) in [6.45, 7) is 1.83. The van der Waals surface area contributed by atoms with Gasteiger partial charge in [-0.05, 0) is 42.8 Å². The summed E-state index contributed by atoms with van der Waals surface area (Å²) in [6, 6.07) is 10.8. The van der Waals surface area contributed by atoms with Gasteiger partial charge in [-0.2, -0.15) is 5.26 Å². The van der Waals surface area contributed by atoms with E-state index in [0.29, 0.717) is 11.4 Å². The summed E-state index contributed by atoms with van der Waals surface area (Å²) in [5.41, 5.74) is 7.47. The van der Waals surface area contributed by atoms with Crippen LogP contribution in [0.1, 0.15) is 11.1 Å². The van der Waals surface area contributed by atoms with Gasteiger partial charge in [-0.15, -0.1) is 0 Å². The lowest BCUT2D eigenvalue weighted by Gasteiger charge is -2.11. The average Bonchev–Trinajstić information content (AvgIpc) is 2.42. The van der Waals surface area contributed by atoms with E-state index in [9.17, 15) is 8.42 Å². The van der Waals surface area contributed by atoms with Crippen LogP contribution >= 0.6 is 11.6 Å². The van der Waals surface area contributed by atoms with E-state index < -0.39 is 10.0 Å². The molecule has 0 spiro atoms. The first kappa shape index (κ1) is 15.2. The van der Waals surface area contributed by atoms with E-state index in [2.05, 4.69) is 4.72 Å². The number of nitrogen functional groups attached to an aromatic ring is 1. The third-order valence-electron chi connectivity index (χ3n) is 2.82. The number of nitriles is 1. The van der Waals surface area contributed by atoms with E-state index in [0.717, 1.165) is 5.56 Å². The standard InChI is InChI=1S/C14H12ClN3O2S/c1-9-2-5-13(17)14(6-9)18-21(19,20)11-4-3-10(8-16)12(15)7-11/h2-7,18H,17H2,1H3. The molecule has 0 unspecified atom stereocenters. The third kappa shape index (κ3) is 3.27. The Morgan fingerprint density at radius 1 is 1.24 bits per heavy atom. The van der Waals surface area contributed by atoms with Gasteiger partial charge in [0.25, 0.3) is 10.0 Å². The van der Waals surface area contributed by atoms with Crippen molar-refractivity contribution in [2.45, 2.75) is 11.8 Å². The van der Waals surface area contributed by atoms with Gasteiger partial charge in [0.1, 0.15) is 6.07 Å². The lowest BCUT2D eigenvalue weighted by atomic mass is 10.2. The Morgan fingerprint density at radius 3 is 2.57 bits per heavy atom. The molecule has 3 N–H and O–H groups in total. The molecule has 0 radical (unpaired) electrons. The van der Waals surface area contributed by atoms with E-state index >= 15 is 0 Å². The number of halogens is 1. The maximum atomic E-state index is 12.3. The Hall–Kier alpha value is -2.23. The van der Waals surface area contributed by atoms with Crippen molar-refractivity contribution in [2.24, 2.45) is 0 Å². The Kier molecular flexibility index (Phi) is 4.07. The van der Waals surface area contributed by atoms with Crippen LogP contribution in [0, 0.1) is 18.3 Å². The molecule has 0 bridgehead atoms. The van der Waals surface area contributed by atoms with Crippen molar-refractivity contribution in [2.75, 3.05) is 10.5 Å². The van der Waals surface area contributed by atoms with Gasteiger partial charge < -0.3 is 5.73 Å². The van der Waals surface area contributed by atoms with Crippen LogP contribution in [0.3, 0.4) is 0 Å². The van der Waals surface area contributed by atoms with Crippen LogP contribution in [0.15, 0.2) is 41.3 Å². The van der Waals surface area contributed by atoms with E-state index in [1.54, 1.807) is 18.2 Å². The van der Waals surface area contributed by atoms with Crippen LogP contribution in [0.4, 0.5) is 11.4 Å². The van der Waals surface area contributed by atoms with Crippen molar-refractivity contribution in [1.82, 2.24) is 0 Å². The van der Waals surface area contributed by atoms with Crippen LogP contribution in [0.5, 0.6) is 0 Å². The molecule has 7 heteroatoms. The smallest absolute Gasteiger partial charge is 0.262 e. The predicted octanol–water partition coefficient (Wildman–Crippen LogP) is 2.90. The summed E-state index contributed by atoms with van der Waals surface area (Å²) in [7, 11) is -3.82. The fraction of sp³-hybridized carbons (Fsp3) is 0.0714. The lowest BCUT2D eigenvalue weighted by molar-refractivity contribution is 0.601. The molecule has 2 aromatic rings. The molecule has 5 nitrogen and oxygen atoms in total. The fourth-order valence-corrected chi connectivity index (χ4v) is 3.11. The molecule has 0 saturated heterocycles. The summed E-state index contributed by atoms with van der Waals surface area (Å²) < 4.78 is 27.0. The lowest BCUT2D eigenvalue weighted by Crippen LogP contribution is -2.14. The summed E-state index contributed by atoms with van der Waals surface area (Å²) in [5.74, 6) is 0. The minimum absolute atomic E-state index is 0.0348. The molecule has 2 aromatic carbocycles. The maximum absolute atomic E-state index is 12.3. The molecule has 0 aliphatic carbocycles. The number of hydrogen-bond donors (Lipinski definition) is 2. The first-order chi connectivity index (χ1) is 9.83. The molecule has 0 amide bonds. The number of hydrogen-bond acceptors (Lipinski definition) is 4. The number of nitrogens with two attached hydrogens (primary N) is 1. The van der Waals surface area contributed by atoms with Crippen LogP contribution < -0.4 is 10.5 Å². The van der Waals surface area contributed by atoms with Gasteiger partial charge in [0, 0.05) is 0 Å². The second kappa shape index (κ2) is 5.64. The molecular formula is C14H12ClN3O2S. The molecule has 0 heterocycles. The van der Waals surface area contributed by atoms with E-state index in [-0.39, 0.29) is 15.5 Å². The highest BCUT2D eigenvalue weighted by Gasteiger charge is 2.17. The predicted molar refractivity (Wildman–Crippen MR) is 82.6 cm³/mol. The van der Waals surface area contributed by atoms with Crippen molar-refractivity contribution in [3.63, 3.8) is 0 Å². The third-order valence-corrected chi connectivity index (χ3v) is 4.50. The van der Waals surface area contributed by atoms with Gasteiger partial charge in [-0.25, -0.2) is 8.42 Å². The fourth-order valence-electron chi connectivity index (χ4n) is 1.72. The summed E-state index contributed by atoms with van der Waals surface area (Å²) in [4.78, 5) is -0.0348. The number of sulfonamides is 1. The van der Waals surface area contributed by atoms with Crippen LogP contribution in [-0.2, 0) is 10.0 Å². The topological polar surface area (TPSA) is 96.0 Å². The highest BCUT2D eigenvalue weighted by molar-refractivity contribution is 7.92. The Morgan fingerprint density at radius 2 is 1.95 bits per heavy atom. The van der Waals surface area contributed by atoms with Gasteiger partial charge in [-0.3, -0.25) is 4.72 Å². The van der Waals surface area contributed by atoms with Gasteiger partial charge >= 0.3 is 0 Å². The van der Waals surface area contributed by atoms with Crippen molar-refractivity contribution in [1.29, 1.82) is 5.26 Å². The largest absolute Gasteiger partial charge is 0.397 e. The molecule has 0 aromatic heterocycles. The monoisotopic (exact) mass is 321 g/mol. The first-order valence-corrected chi connectivity index (χ1v) is 7.78. The van der Waals surface area contributed by atoms with Gasteiger partial charge in [-0.1, -0.05) is 17.7 Å². The van der Waals surface area contributed by atoms with E-state index in [1.807, 2.05) is 13.0 Å². The normalized spacial score (nSPS) is 10.9. The first-order valence-electron chi connectivity index (χ1n) is 5.92. The maximum Gasteiger partial charge on any atom is 0.262 e. The van der Waals surface area contributed by atoms with E-state index in [4.69, 9.17) is 22.6 Å². The zero-order valence-corrected chi connectivity index (χ0v) is 12.7. The molecule has 0 aliphatic rings. The van der Waals surface area contributed by atoms with Crippen LogP contribution in [-0.4, -0.2) is 8.42 Å². The number of anilines is 2. The Bertz CT molecular complexity index is 842. The zero-order chi connectivity index (χ0) is 15.6. The molecule has 0 aliphatic heterocycles. The number of aryl methyl sites for hydroxylation is 1. The van der Waals surface area contributed by atoms with Crippen LogP contribution in [0.25, 0.3) is 0 Å². The minimum Gasteiger partial charge on any atom is -0.397 e. The van der Waals surface area contributed by atoms with E-state index in [1.165, 1.54) is 18.2 Å². The summed E-state index contributed by atoms with van der Waals surface area (Å²) in [5, 5.41) is 8.88. The molecule has 0 saturated carbocycles. The molecule has 0 atom stereocenters. The average molecular weight is 322 g/mol. The van der Waals surface area contributed by atoms with Crippen molar-refractivity contribution >= 4 is 33.0 Å². The second-order valence-corrected chi connectivity index (χ2v) is 6.54. The number of nitrogens with zero attached hydrogens (tertiary/aromatic N) is 1. The SMILES string of the molecule is Cc1ccc(N)c(NS(=O)(=O)c2ccc(C#N)c(Cl)c2)c1. The summed E-state index contributed by atoms with van der Waals surface area (Å²) >= 11 is 5.86. The van der Waals surface area contributed by atoms with Crippen LogP contribution in [0.2, 0.25) is 5.02 Å². The molecule has 21 heavy (non-hydrogen) atoms. The summed E-state index contributed by atoms with van der Waals surface area (Å²) in [6.07, 6.45) is 0. The van der Waals surface area contributed by atoms with Crippen molar-refractivity contribution in [3.8, 4) is 6.07 Å².